The van der Waals surface area contributed by atoms with Gasteiger partial charge in [-0.15, -0.1) is 0 Å². The van der Waals surface area contributed by atoms with Gasteiger partial charge in [-0.3, -0.25) is 4.79 Å². The van der Waals surface area contributed by atoms with Crippen LogP contribution in [-0.4, -0.2) is 24.7 Å². The van der Waals surface area contributed by atoms with Crippen LogP contribution in [0.25, 0.3) is 0 Å². The molecule has 0 aliphatic heterocycles. The van der Waals surface area contributed by atoms with Crippen LogP contribution in [0.3, 0.4) is 0 Å². The highest BCUT2D eigenvalue weighted by atomic mass is 19.1. The van der Waals surface area contributed by atoms with Gasteiger partial charge in [-0.25, -0.2) is 4.39 Å². The highest BCUT2D eigenvalue weighted by Gasteiger charge is 2.20. The minimum atomic E-state index is -1.08. The Morgan fingerprint density at radius 3 is 2.46 bits per heavy atom. The van der Waals surface area contributed by atoms with Gasteiger partial charge in [-0.2, -0.15) is 0 Å². The molecule has 24 heavy (non-hydrogen) atoms. The van der Waals surface area contributed by atoms with E-state index in [-0.39, 0.29) is 23.9 Å². The molecule has 2 atom stereocenters. The summed E-state index contributed by atoms with van der Waals surface area (Å²) in [6.45, 7) is 1.88. The normalized spacial score (nSPS) is 13.2. The first-order chi connectivity index (χ1) is 11.6. The molecule has 0 fully saturated rings. The number of aliphatic hydroxyl groups is 1. The highest BCUT2D eigenvalue weighted by molar-refractivity contribution is 5.83. The number of aliphatic hydroxyl groups excluding tert-OH is 1. The zero-order valence-electron chi connectivity index (χ0n) is 13.8. The Morgan fingerprint density at radius 2 is 1.88 bits per heavy atom. The fourth-order valence-electron chi connectivity index (χ4n) is 2.58. The van der Waals surface area contributed by atoms with E-state index in [4.69, 9.17) is 4.74 Å². The van der Waals surface area contributed by atoms with E-state index in [1.54, 1.807) is 31.4 Å². The van der Waals surface area contributed by atoms with Gasteiger partial charge in [-0.05, 0) is 30.2 Å². The van der Waals surface area contributed by atoms with Crippen LogP contribution in [0.15, 0.2) is 48.5 Å². The lowest BCUT2D eigenvalue weighted by Gasteiger charge is -2.18. The van der Waals surface area contributed by atoms with Crippen LogP contribution in [-0.2, 0) is 4.79 Å². The maximum atomic E-state index is 13.6. The number of halogens is 1. The molecular weight excluding hydrogens is 309 g/mol. The van der Waals surface area contributed by atoms with Gasteiger partial charge in [0, 0.05) is 12.1 Å². The summed E-state index contributed by atoms with van der Waals surface area (Å²) in [5, 5.41) is 12.8. The van der Waals surface area contributed by atoms with Gasteiger partial charge in [0.2, 0.25) is 5.91 Å². The monoisotopic (exact) mass is 331 g/mol. The molecule has 4 nitrogen and oxygen atoms in total. The fraction of sp³-hybridized carbons (Fsp3) is 0.316. The smallest absolute Gasteiger partial charge is 0.227 e. The van der Waals surface area contributed by atoms with Crippen LogP contribution < -0.4 is 10.1 Å². The van der Waals surface area contributed by atoms with Crippen LogP contribution in [0.1, 0.15) is 36.5 Å². The van der Waals surface area contributed by atoms with E-state index >= 15 is 0 Å². The Labute approximate surface area is 141 Å². The summed E-state index contributed by atoms with van der Waals surface area (Å²) >= 11 is 0. The number of hydrogen-bond donors (Lipinski definition) is 2. The number of methoxy groups -OCH3 is 1. The number of carbonyl (C=O) groups is 1. The lowest BCUT2D eigenvalue weighted by Crippen LogP contribution is -2.32. The Hall–Kier alpha value is -2.40. The van der Waals surface area contributed by atoms with Crippen molar-refractivity contribution in [1.29, 1.82) is 0 Å². The van der Waals surface area contributed by atoms with Crippen molar-refractivity contribution in [3.05, 3.63) is 65.5 Å². The topological polar surface area (TPSA) is 58.6 Å². The summed E-state index contributed by atoms with van der Waals surface area (Å²) < 4.78 is 18.8. The van der Waals surface area contributed by atoms with Crippen molar-refractivity contribution in [2.75, 3.05) is 13.7 Å². The molecule has 5 heteroatoms. The molecule has 0 spiro atoms. The van der Waals surface area contributed by atoms with Crippen LogP contribution >= 0.6 is 0 Å². The molecule has 0 bridgehead atoms. The molecule has 0 aliphatic rings. The molecule has 2 unspecified atom stereocenters. The Bertz CT molecular complexity index is 673. The van der Waals surface area contributed by atoms with Crippen LogP contribution in [0.4, 0.5) is 4.39 Å². The van der Waals surface area contributed by atoms with E-state index < -0.39 is 11.9 Å². The third-order valence-corrected chi connectivity index (χ3v) is 3.98. The first kappa shape index (κ1) is 17.9. The van der Waals surface area contributed by atoms with Gasteiger partial charge in [0.15, 0.2) is 0 Å². The first-order valence-electron chi connectivity index (χ1n) is 7.91. The van der Waals surface area contributed by atoms with Gasteiger partial charge < -0.3 is 15.2 Å². The molecule has 0 saturated heterocycles. The van der Waals surface area contributed by atoms with E-state index in [0.717, 1.165) is 11.3 Å². The molecule has 1 amide bonds. The number of nitrogens with one attached hydrogen (secondary N) is 1. The summed E-state index contributed by atoms with van der Waals surface area (Å²) in [7, 11) is 1.59. The first-order valence-corrected chi connectivity index (χ1v) is 7.91. The minimum Gasteiger partial charge on any atom is -0.497 e. The van der Waals surface area contributed by atoms with E-state index in [0.29, 0.717) is 6.42 Å². The standard InChI is InChI=1S/C19H22FNO3/c1-3-15(13-8-10-14(24-2)11-9-13)19(23)21-12-18(22)16-6-4-5-7-17(16)20/h4-11,15,18,22H,3,12H2,1-2H3,(H,21,23). The van der Waals surface area contributed by atoms with Crippen LogP contribution in [0, 0.1) is 5.82 Å². The summed E-state index contributed by atoms with van der Waals surface area (Å²) in [6, 6.07) is 13.3. The molecule has 0 aliphatic carbocycles. The molecule has 2 aromatic carbocycles. The van der Waals surface area contributed by atoms with E-state index in [9.17, 15) is 14.3 Å². The predicted octanol–water partition coefficient (Wildman–Crippen LogP) is 3.18. The Morgan fingerprint density at radius 1 is 1.21 bits per heavy atom. The third-order valence-electron chi connectivity index (χ3n) is 3.98. The number of carbonyl (C=O) groups excluding carboxylic acids is 1. The van der Waals surface area contributed by atoms with Crippen molar-refractivity contribution in [2.24, 2.45) is 0 Å². The second-order valence-electron chi connectivity index (χ2n) is 5.52. The van der Waals surface area contributed by atoms with Gasteiger partial charge >= 0.3 is 0 Å². The Kier molecular flexibility index (Phi) is 6.32. The zero-order chi connectivity index (χ0) is 17.5. The molecule has 0 aromatic heterocycles. The van der Waals surface area contributed by atoms with Gasteiger partial charge in [0.05, 0.1) is 19.1 Å². The summed E-state index contributed by atoms with van der Waals surface area (Å²) in [5.41, 5.74) is 1.05. The number of rotatable bonds is 7. The molecular formula is C19H22FNO3. The van der Waals surface area contributed by atoms with E-state index in [1.165, 1.54) is 12.1 Å². The second kappa shape index (κ2) is 8.45. The second-order valence-corrected chi connectivity index (χ2v) is 5.52. The van der Waals surface area contributed by atoms with Crippen molar-refractivity contribution in [3.63, 3.8) is 0 Å². The molecule has 128 valence electrons. The fourth-order valence-corrected chi connectivity index (χ4v) is 2.58. The number of amides is 1. The predicted molar refractivity (Wildman–Crippen MR) is 90.4 cm³/mol. The Balaban J connectivity index is 2.00. The lowest BCUT2D eigenvalue weighted by molar-refractivity contribution is -0.123. The maximum absolute atomic E-state index is 13.6. The van der Waals surface area contributed by atoms with Crippen LogP contribution in [0.2, 0.25) is 0 Å². The highest BCUT2D eigenvalue weighted by Crippen LogP contribution is 2.23. The number of ether oxygens (including phenoxy) is 1. The molecule has 2 aromatic rings. The number of benzene rings is 2. The zero-order valence-corrected chi connectivity index (χ0v) is 13.8. The minimum absolute atomic E-state index is 0.0353. The largest absolute Gasteiger partial charge is 0.497 e. The summed E-state index contributed by atoms with van der Waals surface area (Å²) in [5.74, 6) is -0.285. The maximum Gasteiger partial charge on any atom is 0.227 e. The summed E-state index contributed by atoms with van der Waals surface area (Å²) in [6.07, 6.45) is -0.461. The SMILES string of the molecule is CCC(C(=O)NCC(O)c1ccccc1F)c1ccc(OC)cc1. The van der Waals surface area contributed by atoms with E-state index in [1.807, 2.05) is 19.1 Å². The van der Waals surface area contributed by atoms with Crippen molar-refractivity contribution in [1.82, 2.24) is 5.32 Å². The lowest BCUT2D eigenvalue weighted by atomic mass is 9.95. The third kappa shape index (κ3) is 4.32. The van der Waals surface area contributed by atoms with E-state index in [2.05, 4.69) is 5.32 Å². The average molecular weight is 331 g/mol. The average Bonchev–Trinajstić information content (AvgIpc) is 2.61. The molecule has 2 N–H and O–H groups in total. The molecule has 2 rings (SSSR count). The van der Waals surface area contributed by atoms with Crippen molar-refractivity contribution in [2.45, 2.75) is 25.4 Å². The van der Waals surface area contributed by atoms with Gasteiger partial charge in [0.25, 0.3) is 0 Å². The van der Waals surface area contributed by atoms with Crippen molar-refractivity contribution >= 4 is 5.91 Å². The van der Waals surface area contributed by atoms with Crippen molar-refractivity contribution in [3.8, 4) is 5.75 Å². The molecule has 0 saturated carbocycles. The van der Waals surface area contributed by atoms with Crippen LogP contribution in [0.5, 0.6) is 5.75 Å². The number of hydrogen-bond acceptors (Lipinski definition) is 3. The molecule has 0 radical (unpaired) electrons. The summed E-state index contributed by atoms with van der Waals surface area (Å²) in [4.78, 5) is 12.4. The quantitative estimate of drug-likeness (QED) is 0.819. The van der Waals surface area contributed by atoms with Gasteiger partial charge in [-0.1, -0.05) is 37.3 Å². The van der Waals surface area contributed by atoms with Gasteiger partial charge in [0.1, 0.15) is 11.6 Å². The van der Waals surface area contributed by atoms with Crippen molar-refractivity contribution < 1.29 is 19.0 Å². The molecule has 0 heterocycles.